The van der Waals surface area contributed by atoms with E-state index in [2.05, 4.69) is 10.5 Å². The van der Waals surface area contributed by atoms with E-state index < -0.39 is 17.7 Å². The summed E-state index contributed by atoms with van der Waals surface area (Å²) in [5.41, 5.74) is 3.01. The van der Waals surface area contributed by atoms with E-state index in [-0.39, 0.29) is 28.4 Å². The Labute approximate surface area is 171 Å². The van der Waals surface area contributed by atoms with Gasteiger partial charge in [0.15, 0.2) is 11.5 Å². The maximum Gasteiger partial charge on any atom is 0.343 e. The van der Waals surface area contributed by atoms with Crippen molar-refractivity contribution in [2.24, 2.45) is 5.10 Å². The molecule has 0 unspecified atom stereocenters. The molecule has 0 spiro atoms. The van der Waals surface area contributed by atoms with Gasteiger partial charge in [-0.1, -0.05) is 18.2 Å². The average Bonchev–Trinajstić information content (AvgIpc) is 2.74. The van der Waals surface area contributed by atoms with Crippen molar-refractivity contribution in [2.45, 2.75) is 0 Å². The molecule has 0 fully saturated rings. The van der Waals surface area contributed by atoms with Crippen LogP contribution in [-0.4, -0.2) is 30.3 Å². The van der Waals surface area contributed by atoms with E-state index in [9.17, 15) is 19.1 Å². The van der Waals surface area contributed by atoms with Crippen LogP contribution in [0.5, 0.6) is 17.2 Å². The normalized spacial score (nSPS) is 10.6. The van der Waals surface area contributed by atoms with Crippen LogP contribution in [0.1, 0.15) is 26.3 Å². The lowest BCUT2D eigenvalue weighted by molar-refractivity contribution is 0.0729. The van der Waals surface area contributed by atoms with Crippen molar-refractivity contribution in [1.29, 1.82) is 0 Å². The Balaban J connectivity index is 1.69. The minimum Gasteiger partial charge on any atom is -0.507 e. The predicted octanol–water partition coefficient (Wildman–Crippen LogP) is 3.52. The predicted molar refractivity (Wildman–Crippen MR) is 108 cm³/mol. The summed E-state index contributed by atoms with van der Waals surface area (Å²) in [6.45, 7) is 0. The summed E-state index contributed by atoms with van der Waals surface area (Å²) in [5, 5.41) is 13.5. The summed E-state index contributed by atoms with van der Waals surface area (Å²) in [5.74, 6) is -1.62. The summed E-state index contributed by atoms with van der Waals surface area (Å²) in [4.78, 5) is 24.2. The SMILES string of the molecule is COc1cc(C=NNC(=O)c2ccccc2O)ccc1OC(=O)c1cccc(F)c1. The third-order valence-corrected chi connectivity index (χ3v) is 3.98. The Morgan fingerprint density at radius 3 is 2.57 bits per heavy atom. The van der Waals surface area contributed by atoms with E-state index >= 15 is 0 Å². The Hall–Kier alpha value is -4.20. The van der Waals surface area contributed by atoms with E-state index in [0.29, 0.717) is 5.56 Å². The quantitative estimate of drug-likeness (QED) is 0.282. The first-order valence-electron chi connectivity index (χ1n) is 8.75. The molecule has 0 aliphatic carbocycles. The van der Waals surface area contributed by atoms with Crippen LogP contribution in [0.3, 0.4) is 0 Å². The number of carbonyl (C=O) groups excluding carboxylic acids is 2. The summed E-state index contributed by atoms with van der Waals surface area (Å²) in [6.07, 6.45) is 1.36. The number of para-hydroxylation sites is 1. The Morgan fingerprint density at radius 1 is 1.03 bits per heavy atom. The first-order chi connectivity index (χ1) is 14.5. The first-order valence-corrected chi connectivity index (χ1v) is 8.75. The maximum atomic E-state index is 13.3. The van der Waals surface area contributed by atoms with Crippen LogP contribution in [0.15, 0.2) is 71.8 Å². The standard InChI is InChI=1S/C22H17FN2O5/c1-29-20-11-14(13-24-25-21(27)17-7-2-3-8-18(17)26)9-10-19(20)30-22(28)15-5-4-6-16(23)12-15/h2-13,26H,1H3,(H,25,27). The van der Waals surface area contributed by atoms with Gasteiger partial charge in [0.25, 0.3) is 5.91 Å². The third-order valence-electron chi connectivity index (χ3n) is 3.98. The van der Waals surface area contributed by atoms with Crippen LogP contribution >= 0.6 is 0 Å². The zero-order valence-corrected chi connectivity index (χ0v) is 15.8. The van der Waals surface area contributed by atoms with Crippen molar-refractivity contribution in [3.63, 3.8) is 0 Å². The second-order valence-corrected chi connectivity index (χ2v) is 6.03. The van der Waals surface area contributed by atoms with E-state index in [0.717, 1.165) is 6.07 Å². The molecule has 0 aliphatic rings. The van der Waals surface area contributed by atoms with E-state index in [1.807, 2.05) is 0 Å². The molecule has 30 heavy (non-hydrogen) atoms. The molecular weight excluding hydrogens is 391 g/mol. The highest BCUT2D eigenvalue weighted by Gasteiger charge is 2.13. The van der Waals surface area contributed by atoms with Crippen molar-refractivity contribution < 1.29 is 28.6 Å². The zero-order valence-electron chi connectivity index (χ0n) is 15.8. The number of esters is 1. The zero-order chi connectivity index (χ0) is 21.5. The van der Waals surface area contributed by atoms with Crippen molar-refractivity contribution >= 4 is 18.1 Å². The largest absolute Gasteiger partial charge is 0.507 e. The summed E-state index contributed by atoms with van der Waals surface area (Å²) < 4.78 is 23.8. The number of methoxy groups -OCH3 is 1. The van der Waals surface area contributed by atoms with Crippen molar-refractivity contribution in [3.8, 4) is 17.2 Å². The minimum atomic E-state index is -0.732. The fourth-order valence-electron chi connectivity index (χ4n) is 2.51. The number of hydrazone groups is 1. The number of rotatable bonds is 6. The lowest BCUT2D eigenvalue weighted by Gasteiger charge is -2.10. The molecule has 0 radical (unpaired) electrons. The van der Waals surface area contributed by atoms with Gasteiger partial charge in [0, 0.05) is 0 Å². The molecule has 0 heterocycles. The number of phenolic OH excluding ortho intramolecular Hbond substituents is 1. The lowest BCUT2D eigenvalue weighted by Crippen LogP contribution is -2.17. The van der Waals surface area contributed by atoms with Crippen molar-refractivity contribution in [2.75, 3.05) is 7.11 Å². The average molecular weight is 408 g/mol. The highest BCUT2D eigenvalue weighted by molar-refractivity contribution is 5.97. The number of hydrogen-bond donors (Lipinski definition) is 2. The second-order valence-electron chi connectivity index (χ2n) is 6.03. The van der Waals surface area contributed by atoms with Crippen LogP contribution < -0.4 is 14.9 Å². The molecule has 0 saturated heterocycles. The van der Waals surface area contributed by atoms with Gasteiger partial charge >= 0.3 is 5.97 Å². The fourth-order valence-corrected chi connectivity index (χ4v) is 2.51. The molecule has 3 aromatic rings. The molecule has 2 N–H and O–H groups in total. The molecule has 7 nitrogen and oxygen atoms in total. The number of aromatic hydroxyl groups is 1. The molecular formula is C22H17FN2O5. The van der Waals surface area contributed by atoms with Crippen LogP contribution in [0.25, 0.3) is 0 Å². The number of phenols is 1. The van der Waals surface area contributed by atoms with Crippen LogP contribution in [0.2, 0.25) is 0 Å². The van der Waals surface area contributed by atoms with Gasteiger partial charge in [0.1, 0.15) is 11.6 Å². The number of benzene rings is 3. The number of carbonyl (C=O) groups is 2. The second kappa shape index (κ2) is 9.33. The molecule has 1 amide bonds. The fraction of sp³-hybridized carbons (Fsp3) is 0.0455. The van der Waals surface area contributed by atoms with Crippen LogP contribution in [0, 0.1) is 5.82 Å². The molecule has 3 rings (SSSR count). The van der Waals surface area contributed by atoms with Gasteiger partial charge in [-0.05, 0) is 54.1 Å². The molecule has 152 valence electrons. The summed E-state index contributed by atoms with van der Waals surface area (Å²) >= 11 is 0. The molecule has 0 aliphatic heterocycles. The molecule has 3 aromatic carbocycles. The Morgan fingerprint density at radius 2 is 1.83 bits per heavy atom. The molecule has 0 atom stereocenters. The van der Waals surface area contributed by atoms with Crippen molar-refractivity contribution in [1.82, 2.24) is 5.43 Å². The van der Waals surface area contributed by atoms with Gasteiger partial charge in [-0.2, -0.15) is 5.10 Å². The molecule has 0 saturated carbocycles. The Kier molecular flexibility index (Phi) is 6.39. The lowest BCUT2D eigenvalue weighted by atomic mass is 10.2. The molecule has 8 heteroatoms. The first kappa shape index (κ1) is 20.5. The third kappa shape index (κ3) is 4.99. The number of nitrogens with zero attached hydrogens (tertiary/aromatic N) is 1. The number of nitrogens with one attached hydrogen (secondary N) is 1. The highest BCUT2D eigenvalue weighted by atomic mass is 19.1. The molecule has 0 aromatic heterocycles. The van der Waals surface area contributed by atoms with Gasteiger partial charge < -0.3 is 14.6 Å². The molecule has 0 bridgehead atoms. The van der Waals surface area contributed by atoms with Gasteiger partial charge in [-0.3, -0.25) is 4.79 Å². The van der Waals surface area contributed by atoms with E-state index in [1.165, 1.54) is 49.7 Å². The number of amides is 1. The van der Waals surface area contributed by atoms with E-state index in [1.54, 1.807) is 24.3 Å². The van der Waals surface area contributed by atoms with Gasteiger partial charge in [-0.25, -0.2) is 14.6 Å². The monoisotopic (exact) mass is 408 g/mol. The maximum absolute atomic E-state index is 13.3. The highest BCUT2D eigenvalue weighted by Crippen LogP contribution is 2.28. The van der Waals surface area contributed by atoms with Gasteiger partial charge in [0.2, 0.25) is 0 Å². The summed E-state index contributed by atoms with van der Waals surface area (Å²) in [6, 6.07) is 15.8. The van der Waals surface area contributed by atoms with Gasteiger partial charge in [-0.15, -0.1) is 0 Å². The summed E-state index contributed by atoms with van der Waals surface area (Å²) in [7, 11) is 1.40. The number of hydrogen-bond acceptors (Lipinski definition) is 6. The Bertz CT molecular complexity index is 1110. The smallest absolute Gasteiger partial charge is 0.343 e. The van der Waals surface area contributed by atoms with Crippen LogP contribution in [-0.2, 0) is 0 Å². The van der Waals surface area contributed by atoms with Gasteiger partial charge in [0.05, 0.1) is 24.5 Å². The number of halogens is 1. The minimum absolute atomic E-state index is 0.0644. The van der Waals surface area contributed by atoms with Crippen molar-refractivity contribution in [3.05, 3.63) is 89.2 Å². The van der Waals surface area contributed by atoms with E-state index in [4.69, 9.17) is 9.47 Å². The van der Waals surface area contributed by atoms with Crippen LogP contribution in [0.4, 0.5) is 4.39 Å². The number of ether oxygens (including phenoxy) is 2. The topological polar surface area (TPSA) is 97.2 Å².